The van der Waals surface area contributed by atoms with Gasteiger partial charge in [-0.1, -0.05) is 39.7 Å². The van der Waals surface area contributed by atoms with E-state index in [1.807, 2.05) is 48.0 Å². The molecule has 0 unspecified atom stereocenters. The van der Waals surface area contributed by atoms with Crippen LogP contribution in [0.3, 0.4) is 0 Å². The first kappa shape index (κ1) is 18.6. The smallest absolute Gasteiger partial charge is 0.241 e. The zero-order valence-corrected chi connectivity index (χ0v) is 16.5. The van der Waals surface area contributed by atoms with Crippen LogP contribution in [0.15, 0.2) is 59.5 Å². The van der Waals surface area contributed by atoms with E-state index < -0.39 is 6.04 Å². The fourth-order valence-electron chi connectivity index (χ4n) is 2.62. The number of nitrogens with zero attached hydrogens (tertiary/aromatic N) is 2. The number of carbonyl (C=O) groups excluding carboxylic acids is 1. The number of rotatable bonds is 5. The first-order chi connectivity index (χ1) is 12.4. The number of aromatic nitrogens is 2. The van der Waals surface area contributed by atoms with Crippen LogP contribution in [0.4, 0.5) is 5.69 Å². The second-order valence-electron chi connectivity index (χ2n) is 6.00. The first-order valence-electron chi connectivity index (χ1n) is 8.01. The zero-order valence-electron chi connectivity index (χ0n) is 14.1. The summed E-state index contributed by atoms with van der Waals surface area (Å²) >= 11 is 9.57. The summed E-state index contributed by atoms with van der Waals surface area (Å²) in [5.74, 6) is -0.255. The number of carbonyl (C=O) groups is 1. The van der Waals surface area contributed by atoms with Crippen molar-refractivity contribution in [1.82, 2.24) is 9.55 Å². The molecule has 1 atom stereocenters. The van der Waals surface area contributed by atoms with Crippen molar-refractivity contribution in [2.24, 2.45) is 12.8 Å². The predicted octanol–water partition coefficient (Wildman–Crippen LogP) is 4.01. The summed E-state index contributed by atoms with van der Waals surface area (Å²) in [5.41, 5.74) is 9.59. The molecule has 5 nitrogen and oxygen atoms in total. The molecule has 0 radical (unpaired) electrons. The van der Waals surface area contributed by atoms with E-state index in [0.29, 0.717) is 17.1 Å². The molecule has 2 aromatic carbocycles. The van der Waals surface area contributed by atoms with Crippen molar-refractivity contribution in [2.75, 3.05) is 5.32 Å². The summed E-state index contributed by atoms with van der Waals surface area (Å²) in [6.45, 7) is 0. The van der Waals surface area contributed by atoms with E-state index in [1.54, 1.807) is 18.6 Å². The Balaban J connectivity index is 1.65. The molecule has 26 heavy (non-hydrogen) atoms. The summed E-state index contributed by atoms with van der Waals surface area (Å²) in [5, 5.41) is 3.44. The highest BCUT2D eigenvalue weighted by Crippen LogP contribution is 2.23. The highest BCUT2D eigenvalue weighted by molar-refractivity contribution is 9.10. The molecule has 0 aliphatic heterocycles. The van der Waals surface area contributed by atoms with E-state index in [9.17, 15) is 4.79 Å². The Hall–Kier alpha value is -2.15. The molecule has 0 aliphatic rings. The molecular formula is C19H18BrClN4O. The molecule has 3 aromatic rings. The van der Waals surface area contributed by atoms with Crippen LogP contribution >= 0.6 is 27.5 Å². The average molecular weight is 434 g/mol. The van der Waals surface area contributed by atoms with E-state index in [1.165, 1.54) is 0 Å². The fraction of sp³-hybridized carbons (Fsp3) is 0.158. The number of amides is 1. The molecule has 3 N–H and O–H groups in total. The fourth-order valence-corrected chi connectivity index (χ4v) is 3.23. The second kappa shape index (κ2) is 8.03. The van der Waals surface area contributed by atoms with Crippen molar-refractivity contribution in [1.29, 1.82) is 0 Å². The minimum atomic E-state index is -0.696. The van der Waals surface area contributed by atoms with Gasteiger partial charge in [0.2, 0.25) is 5.91 Å². The summed E-state index contributed by atoms with van der Waals surface area (Å²) in [7, 11) is 1.93. The van der Waals surface area contributed by atoms with Gasteiger partial charge >= 0.3 is 0 Å². The van der Waals surface area contributed by atoms with Crippen LogP contribution in [0.2, 0.25) is 5.02 Å². The van der Waals surface area contributed by atoms with Gasteiger partial charge in [0.25, 0.3) is 0 Å². The molecule has 1 heterocycles. The van der Waals surface area contributed by atoms with Crippen LogP contribution in [0.25, 0.3) is 11.3 Å². The van der Waals surface area contributed by atoms with E-state index in [2.05, 4.69) is 26.2 Å². The van der Waals surface area contributed by atoms with Crippen LogP contribution < -0.4 is 11.1 Å². The Labute approximate surface area is 165 Å². The van der Waals surface area contributed by atoms with Gasteiger partial charge in [0.1, 0.15) is 0 Å². The average Bonchev–Trinajstić information content (AvgIpc) is 3.04. The lowest BCUT2D eigenvalue weighted by Gasteiger charge is -2.14. The van der Waals surface area contributed by atoms with Crippen molar-refractivity contribution in [3.05, 3.63) is 70.0 Å². The third-order valence-electron chi connectivity index (χ3n) is 4.05. The van der Waals surface area contributed by atoms with Gasteiger partial charge in [-0.15, -0.1) is 0 Å². The van der Waals surface area contributed by atoms with Crippen molar-refractivity contribution in [3.63, 3.8) is 0 Å². The van der Waals surface area contributed by atoms with Gasteiger partial charge in [0.15, 0.2) is 0 Å². The number of halogens is 2. The highest BCUT2D eigenvalue weighted by atomic mass is 79.9. The van der Waals surface area contributed by atoms with E-state index in [0.717, 1.165) is 21.3 Å². The van der Waals surface area contributed by atoms with Gasteiger partial charge in [-0.25, -0.2) is 4.98 Å². The molecule has 0 saturated heterocycles. The van der Waals surface area contributed by atoms with E-state index in [-0.39, 0.29) is 5.91 Å². The minimum absolute atomic E-state index is 0.255. The highest BCUT2D eigenvalue weighted by Gasteiger charge is 2.16. The van der Waals surface area contributed by atoms with E-state index >= 15 is 0 Å². The number of hydrogen-bond donors (Lipinski definition) is 2. The SMILES string of the molecule is Cn1cncc1-c1ccc(NC(=O)[C@@H](N)Cc2cc(Br)ccc2Cl)cc1. The van der Waals surface area contributed by atoms with Crippen LogP contribution in [-0.2, 0) is 18.3 Å². The Bertz CT molecular complexity index is 924. The molecule has 3 rings (SSSR count). The molecule has 0 spiro atoms. The maximum atomic E-state index is 12.4. The Kier molecular flexibility index (Phi) is 5.76. The molecule has 0 saturated carbocycles. The molecule has 7 heteroatoms. The maximum absolute atomic E-state index is 12.4. The topological polar surface area (TPSA) is 72.9 Å². The largest absolute Gasteiger partial charge is 0.334 e. The lowest BCUT2D eigenvalue weighted by atomic mass is 10.1. The molecule has 134 valence electrons. The molecule has 0 bridgehead atoms. The molecular weight excluding hydrogens is 416 g/mol. The molecule has 0 aliphatic carbocycles. The van der Waals surface area contributed by atoms with Gasteiger partial charge in [0, 0.05) is 22.2 Å². The first-order valence-corrected chi connectivity index (χ1v) is 9.18. The molecule has 1 amide bonds. The van der Waals surface area contributed by atoms with Gasteiger partial charge in [-0.2, -0.15) is 0 Å². The predicted molar refractivity (Wildman–Crippen MR) is 108 cm³/mol. The summed E-state index contributed by atoms with van der Waals surface area (Å²) < 4.78 is 2.83. The Morgan fingerprint density at radius 1 is 1.31 bits per heavy atom. The Morgan fingerprint density at radius 2 is 2.04 bits per heavy atom. The maximum Gasteiger partial charge on any atom is 0.241 e. The minimum Gasteiger partial charge on any atom is -0.334 e. The Morgan fingerprint density at radius 3 is 2.69 bits per heavy atom. The molecule has 1 aromatic heterocycles. The lowest BCUT2D eigenvalue weighted by Crippen LogP contribution is -2.37. The van der Waals surface area contributed by atoms with Crippen LogP contribution in [0.5, 0.6) is 0 Å². The van der Waals surface area contributed by atoms with Crippen molar-refractivity contribution < 1.29 is 4.79 Å². The quantitative estimate of drug-likeness (QED) is 0.638. The van der Waals surface area contributed by atoms with Crippen molar-refractivity contribution >= 4 is 39.1 Å². The van der Waals surface area contributed by atoms with Gasteiger partial charge < -0.3 is 15.6 Å². The lowest BCUT2D eigenvalue weighted by molar-refractivity contribution is -0.117. The van der Waals surface area contributed by atoms with Crippen LogP contribution in [0, 0.1) is 0 Å². The third kappa shape index (κ3) is 4.33. The summed E-state index contributed by atoms with van der Waals surface area (Å²) in [4.78, 5) is 16.5. The summed E-state index contributed by atoms with van der Waals surface area (Å²) in [6.07, 6.45) is 3.90. The van der Waals surface area contributed by atoms with Crippen LogP contribution in [-0.4, -0.2) is 21.5 Å². The number of nitrogens with one attached hydrogen (secondary N) is 1. The van der Waals surface area contributed by atoms with Crippen molar-refractivity contribution in [2.45, 2.75) is 12.5 Å². The number of anilines is 1. The standard InChI is InChI=1S/C19H18BrClN4O/c1-25-11-23-10-18(25)12-2-5-15(6-3-12)24-19(26)17(22)9-13-8-14(20)4-7-16(13)21/h2-8,10-11,17H,9,22H2,1H3,(H,24,26)/t17-/m0/s1. The third-order valence-corrected chi connectivity index (χ3v) is 4.91. The number of aryl methyl sites for hydroxylation is 1. The normalized spacial score (nSPS) is 12.0. The molecule has 0 fully saturated rings. The number of imidazole rings is 1. The van der Waals surface area contributed by atoms with E-state index in [4.69, 9.17) is 17.3 Å². The van der Waals surface area contributed by atoms with Crippen molar-refractivity contribution in [3.8, 4) is 11.3 Å². The number of benzene rings is 2. The van der Waals surface area contributed by atoms with Gasteiger partial charge in [-0.3, -0.25) is 4.79 Å². The second-order valence-corrected chi connectivity index (χ2v) is 7.33. The zero-order chi connectivity index (χ0) is 18.7. The summed E-state index contributed by atoms with van der Waals surface area (Å²) in [6, 6.07) is 12.4. The van der Waals surface area contributed by atoms with Gasteiger partial charge in [0.05, 0.1) is 24.3 Å². The van der Waals surface area contributed by atoms with Gasteiger partial charge in [-0.05, 0) is 47.9 Å². The number of hydrogen-bond acceptors (Lipinski definition) is 3. The monoisotopic (exact) mass is 432 g/mol. The number of nitrogens with two attached hydrogens (primary N) is 1. The van der Waals surface area contributed by atoms with Crippen LogP contribution in [0.1, 0.15) is 5.56 Å².